The second kappa shape index (κ2) is 3.82. The molecule has 17 heavy (non-hydrogen) atoms. The van der Waals surface area contributed by atoms with E-state index in [2.05, 4.69) is 77.3 Å². The van der Waals surface area contributed by atoms with Gasteiger partial charge in [-0.05, 0) is 20.8 Å². The highest BCUT2D eigenvalue weighted by molar-refractivity contribution is 5.21. The first-order chi connectivity index (χ1) is 7.35. The summed E-state index contributed by atoms with van der Waals surface area (Å²) >= 11 is 0. The first kappa shape index (κ1) is 14.2. The third-order valence-corrected chi connectivity index (χ3v) is 2.80. The van der Waals surface area contributed by atoms with Crippen LogP contribution in [-0.4, -0.2) is 10.3 Å². The molecule has 0 spiro atoms. The minimum absolute atomic E-state index is 0.0269. The Labute approximate surface area is 106 Å². The van der Waals surface area contributed by atoms with Crippen molar-refractivity contribution in [2.24, 2.45) is 0 Å². The minimum Gasteiger partial charge on any atom is -0.154 e. The van der Waals surface area contributed by atoms with E-state index in [0.29, 0.717) is 0 Å². The van der Waals surface area contributed by atoms with Gasteiger partial charge in [-0.15, -0.1) is 0 Å². The SMILES string of the molecule is CC(C)(C)c1n[nH][n+](C(C)(C)C)c1C(C)(C)C. The highest BCUT2D eigenvalue weighted by Crippen LogP contribution is 2.30. The normalized spacial score (nSPS) is 14.2. The van der Waals surface area contributed by atoms with Crippen LogP contribution in [0.3, 0.4) is 0 Å². The number of nitrogens with zero attached hydrogens (tertiary/aromatic N) is 2. The van der Waals surface area contributed by atoms with Crippen molar-refractivity contribution < 1.29 is 4.68 Å². The van der Waals surface area contributed by atoms with E-state index in [0.717, 1.165) is 0 Å². The molecule has 3 nitrogen and oxygen atoms in total. The van der Waals surface area contributed by atoms with Gasteiger partial charge in [0.2, 0.25) is 5.69 Å². The fourth-order valence-electron chi connectivity index (χ4n) is 2.01. The van der Waals surface area contributed by atoms with Gasteiger partial charge in [0, 0.05) is 15.9 Å². The number of aromatic amines is 1. The van der Waals surface area contributed by atoms with E-state index >= 15 is 0 Å². The van der Waals surface area contributed by atoms with E-state index in [4.69, 9.17) is 0 Å². The number of rotatable bonds is 0. The van der Waals surface area contributed by atoms with Crippen molar-refractivity contribution in [2.45, 2.75) is 78.7 Å². The van der Waals surface area contributed by atoms with Crippen molar-refractivity contribution in [3.05, 3.63) is 11.4 Å². The molecule has 0 aromatic carbocycles. The second-order valence-corrected chi connectivity index (χ2v) is 7.92. The Hall–Kier alpha value is -0.860. The summed E-state index contributed by atoms with van der Waals surface area (Å²) in [5.74, 6) is 0. The number of hydrogen-bond donors (Lipinski definition) is 1. The van der Waals surface area contributed by atoms with Gasteiger partial charge in [-0.25, -0.2) is 0 Å². The molecule has 0 bridgehead atoms. The molecule has 0 radical (unpaired) electrons. The maximum Gasteiger partial charge on any atom is 0.227 e. The quantitative estimate of drug-likeness (QED) is 0.692. The molecule has 1 aromatic heterocycles. The van der Waals surface area contributed by atoms with Gasteiger partial charge < -0.3 is 0 Å². The summed E-state index contributed by atoms with van der Waals surface area (Å²) in [7, 11) is 0. The Morgan fingerprint density at radius 1 is 0.824 bits per heavy atom. The van der Waals surface area contributed by atoms with Gasteiger partial charge in [-0.1, -0.05) is 46.8 Å². The van der Waals surface area contributed by atoms with Crippen LogP contribution < -0.4 is 4.68 Å². The molecule has 0 aliphatic carbocycles. The molecule has 1 rings (SSSR count). The molecule has 0 atom stereocenters. The predicted octanol–water partition coefficient (Wildman–Crippen LogP) is 3.05. The molecule has 1 aromatic rings. The predicted molar refractivity (Wildman–Crippen MR) is 71.2 cm³/mol. The van der Waals surface area contributed by atoms with Gasteiger partial charge in [0.05, 0.1) is 0 Å². The van der Waals surface area contributed by atoms with E-state index in [1.54, 1.807) is 0 Å². The third kappa shape index (κ3) is 2.88. The smallest absolute Gasteiger partial charge is 0.154 e. The van der Waals surface area contributed by atoms with Gasteiger partial charge in [-0.3, -0.25) is 0 Å². The lowest BCUT2D eigenvalue weighted by Gasteiger charge is -2.25. The summed E-state index contributed by atoms with van der Waals surface area (Å²) < 4.78 is 2.20. The van der Waals surface area contributed by atoms with Crippen molar-refractivity contribution in [3.63, 3.8) is 0 Å². The molecule has 0 amide bonds. The monoisotopic (exact) mass is 238 g/mol. The molecule has 0 aliphatic heterocycles. The Balaban J connectivity index is 3.53. The summed E-state index contributed by atoms with van der Waals surface area (Å²) in [5, 5.41) is 7.75. The third-order valence-electron chi connectivity index (χ3n) is 2.80. The van der Waals surface area contributed by atoms with Gasteiger partial charge >= 0.3 is 0 Å². The lowest BCUT2D eigenvalue weighted by Crippen LogP contribution is -2.57. The Kier molecular flexibility index (Phi) is 3.19. The van der Waals surface area contributed by atoms with Crippen LogP contribution in [-0.2, 0) is 16.4 Å². The summed E-state index contributed by atoms with van der Waals surface area (Å²) in [4.78, 5) is 0. The molecule has 1 heterocycles. The average Bonchev–Trinajstić information content (AvgIpc) is 2.42. The van der Waals surface area contributed by atoms with Crippen molar-refractivity contribution >= 4 is 0 Å². The summed E-state index contributed by atoms with van der Waals surface area (Å²) in [5.41, 5.74) is 2.65. The van der Waals surface area contributed by atoms with Crippen molar-refractivity contribution in [1.29, 1.82) is 0 Å². The largest absolute Gasteiger partial charge is 0.227 e. The lowest BCUT2D eigenvalue weighted by atomic mass is 9.81. The van der Waals surface area contributed by atoms with Crippen LogP contribution in [0.2, 0.25) is 0 Å². The topological polar surface area (TPSA) is 32.6 Å². The zero-order valence-electron chi connectivity index (χ0n) is 12.9. The van der Waals surface area contributed by atoms with Crippen molar-refractivity contribution in [1.82, 2.24) is 10.3 Å². The summed E-state index contributed by atoms with van der Waals surface area (Å²) in [6.45, 7) is 20.0. The van der Waals surface area contributed by atoms with Crippen molar-refractivity contribution in [2.75, 3.05) is 0 Å². The number of aromatic nitrogens is 3. The maximum atomic E-state index is 4.56. The first-order valence-corrected chi connectivity index (χ1v) is 6.37. The number of nitrogens with one attached hydrogen (secondary N) is 1. The van der Waals surface area contributed by atoms with Crippen LogP contribution in [0.5, 0.6) is 0 Å². The van der Waals surface area contributed by atoms with E-state index in [9.17, 15) is 0 Å². The molecule has 0 saturated heterocycles. The fraction of sp³-hybridized carbons (Fsp3) is 0.857. The Bertz CT molecular complexity index is 363. The highest BCUT2D eigenvalue weighted by Gasteiger charge is 2.41. The molecule has 0 aliphatic rings. The van der Waals surface area contributed by atoms with Gasteiger partial charge in [0.15, 0.2) is 5.69 Å². The van der Waals surface area contributed by atoms with E-state index in [-0.39, 0.29) is 16.4 Å². The Morgan fingerprint density at radius 2 is 1.29 bits per heavy atom. The Morgan fingerprint density at radius 3 is 1.59 bits per heavy atom. The van der Waals surface area contributed by atoms with Crippen molar-refractivity contribution in [3.8, 4) is 0 Å². The highest BCUT2D eigenvalue weighted by atomic mass is 15.5. The molecule has 3 heteroatoms. The van der Waals surface area contributed by atoms with Crippen LogP contribution in [0.4, 0.5) is 0 Å². The fourth-order valence-corrected chi connectivity index (χ4v) is 2.01. The lowest BCUT2D eigenvalue weighted by molar-refractivity contribution is -0.813. The molecule has 0 unspecified atom stereocenters. The van der Waals surface area contributed by atoms with Crippen LogP contribution in [0.25, 0.3) is 0 Å². The van der Waals surface area contributed by atoms with Crippen LogP contribution in [0.1, 0.15) is 73.7 Å². The number of H-pyrrole nitrogens is 1. The molecule has 1 N–H and O–H groups in total. The molecule has 0 fully saturated rings. The standard InChI is InChI=1S/C14H27N3/c1-12(2,3)10-11(13(4,5)6)17(16-15-10)14(7,8)9/h1-9H3/p+1. The van der Waals surface area contributed by atoms with Gasteiger partial charge in [0.25, 0.3) is 0 Å². The maximum absolute atomic E-state index is 4.56. The average molecular weight is 238 g/mol. The molecular weight excluding hydrogens is 210 g/mol. The van der Waals surface area contributed by atoms with E-state index in [1.807, 2.05) is 0 Å². The zero-order valence-corrected chi connectivity index (χ0v) is 12.9. The van der Waals surface area contributed by atoms with Gasteiger partial charge in [-0.2, -0.15) is 4.68 Å². The van der Waals surface area contributed by atoms with Gasteiger partial charge in [0.1, 0.15) is 5.54 Å². The minimum atomic E-state index is 0.0269. The molecule has 0 saturated carbocycles. The summed E-state index contributed by atoms with van der Waals surface area (Å²) in [6, 6.07) is 0. The molecule has 98 valence electrons. The summed E-state index contributed by atoms with van der Waals surface area (Å²) in [6.07, 6.45) is 0. The zero-order chi connectivity index (χ0) is 13.6. The molecular formula is C14H28N3+. The first-order valence-electron chi connectivity index (χ1n) is 6.37. The number of hydrogen-bond acceptors (Lipinski definition) is 1. The van der Waals surface area contributed by atoms with Crippen LogP contribution >= 0.6 is 0 Å². The van der Waals surface area contributed by atoms with E-state index in [1.165, 1.54) is 11.4 Å². The van der Waals surface area contributed by atoms with Crippen LogP contribution in [0.15, 0.2) is 0 Å². The van der Waals surface area contributed by atoms with Crippen LogP contribution in [0, 0.1) is 0 Å². The second-order valence-electron chi connectivity index (χ2n) is 7.92. The van der Waals surface area contributed by atoms with E-state index < -0.39 is 0 Å².